The van der Waals surface area contributed by atoms with Gasteiger partial charge in [-0.05, 0) is 97.3 Å². The van der Waals surface area contributed by atoms with Gasteiger partial charge in [-0.15, -0.1) is 0 Å². The van der Waals surface area contributed by atoms with Crippen molar-refractivity contribution in [2.75, 3.05) is 26.4 Å². The van der Waals surface area contributed by atoms with Crippen molar-refractivity contribution >= 4 is 21.6 Å². The van der Waals surface area contributed by atoms with Crippen LogP contribution in [-0.4, -0.2) is 34.8 Å². The fourth-order valence-corrected chi connectivity index (χ4v) is 6.87. The zero-order chi connectivity index (χ0) is 26.6. The van der Waals surface area contributed by atoms with Gasteiger partial charge in [0.15, 0.2) is 0 Å². The molecule has 0 saturated heterocycles. The molecule has 0 aromatic heterocycles. The molecule has 0 spiro atoms. The summed E-state index contributed by atoms with van der Waals surface area (Å²) >= 11 is 6.17. The van der Waals surface area contributed by atoms with Crippen molar-refractivity contribution in [3.63, 3.8) is 0 Å². The highest BCUT2D eigenvalue weighted by molar-refractivity contribution is 7.89. The number of fused-ring (bicyclic) bond motifs is 1. The summed E-state index contributed by atoms with van der Waals surface area (Å²) in [4.78, 5) is 0.192. The van der Waals surface area contributed by atoms with E-state index >= 15 is 0 Å². The molecule has 1 aliphatic heterocycles. The third-order valence-electron chi connectivity index (χ3n) is 7.88. The van der Waals surface area contributed by atoms with Crippen molar-refractivity contribution in [2.24, 2.45) is 0 Å². The Bertz CT molecular complexity index is 1340. The highest BCUT2D eigenvalue weighted by Crippen LogP contribution is 2.53. The Morgan fingerprint density at radius 1 is 1.05 bits per heavy atom. The molecule has 38 heavy (non-hydrogen) atoms. The fourth-order valence-electron chi connectivity index (χ4n) is 5.73. The molecule has 0 radical (unpaired) electrons. The lowest BCUT2D eigenvalue weighted by molar-refractivity contribution is 0.164. The second kappa shape index (κ2) is 11.7. The van der Waals surface area contributed by atoms with Gasteiger partial charge in [0.2, 0.25) is 10.0 Å². The first kappa shape index (κ1) is 27.1. The minimum atomic E-state index is -3.65. The average Bonchev–Trinajstić information content (AvgIpc) is 2.91. The van der Waals surface area contributed by atoms with Gasteiger partial charge in [-0.3, -0.25) is 4.39 Å². The maximum Gasteiger partial charge on any atom is 0.240 e. The van der Waals surface area contributed by atoms with Gasteiger partial charge in [0.25, 0.3) is 0 Å². The number of hydrogen-bond acceptors (Lipinski definition) is 4. The molecule has 0 amide bonds. The van der Waals surface area contributed by atoms with Gasteiger partial charge in [0, 0.05) is 23.0 Å². The monoisotopic (exact) mass is 556 g/mol. The molecule has 8 heteroatoms. The molecular formula is C30H34ClFN2O3S. The van der Waals surface area contributed by atoms with Crippen molar-refractivity contribution in [1.82, 2.24) is 10.0 Å². The average molecular weight is 557 g/mol. The van der Waals surface area contributed by atoms with Gasteiger partial charge in [0.05, 0.1) is 11.6 Å². The second-order valence-corrected chi connectivity index (χ2v) is 12.4. The van der Waals surface area contributed by atoms with E-state index in [0.29, 0.717) is 12.8 Å². The Hall–Kier alpha value is -2.45. The lowest BCUT2D eigenvalue weighted by atomic mass is 9.58. The van der Waals surface area contributed by atoms with E-state index in [4.69, 9.17) is 16.3 Å². The van der Waals surface area contributed by atoms with E-state index in [9.17, 15) is 12.8 Å². The molecule has 3 aromatic carbocycles. The predicted octanol–water partition coefficient (Wildman–Crippen LogP) is 5.91. The molecule has 2 N–H and O–H groups in total. The molecule has 1 heterocycles. The summed E-state index contributed by atoms with van der Waals surface area (Å²) in [5.41, 5.74) is 4.86. The Morgan fingerprint density at radius 2 is 1.82 bits per heavy atom. The van der Waals surface area contributed by atoms with E-state index in [1.54, 1.807) is 24.3 Å². The van der Waals surface area contributed by atoms with Crippen LogP contribution < -0.4 is 14.8 Å². The summed E-state index contributed by atoms with van der Waals surface area (Å²) in [7, 11) is -3.65. The van der Waals surface area contributed by atoms with Crippen molar-refractivity contribution in [2.45, 2.75) is 54.9 Å². The van der Waals surface area contributed by atoms with E-state index in [1.165, 1.54) is 23.1 Å². The van der Waals surface area contributed by atoms with Gasteiger partial charge in [0.1, 0.15) is 12.4 Å². The molecule has 1 unspecified atom stereocenters. The Balaban J connectivity index is 1.23. The van der Waals surface area contributed by atoms with Crippen LogP contribution in [0.3, 0.4) is 0 Å². The largest absolute Gasteiger partial charge is 0.492 e. The van der Waals surface area contributed by atoms with E-state index in [1.807, 2.05) is 18.2 Å². The van der Waals surface area contributed by atoms with Gasteiger partial charge in [-0.2, -0.15) is 0 Å². The maximum absolute atomic E-state index is 12.7. The highest BCUT2D eigenvalue weighted by atomic mass is 35.5. The standard InChI is InChI=1S/C30H34ClFN2O3S/c31-25-9-7-24(8-10-25)30(15-2-16-30)29-28-21-26(11-6-23(28)14-18-33-29)37-20-19-34-38(35,36)27-12-4-22(5-13-27)3-1-17-32/h4-13,21,29,33-34H,1-3,14-20H2. The van der Waals surface area contributed by atoms with Crippen LogP contribution in [0, 0.1) is 0 Å². The van der Waals surface area contributed by atoms with Crippen LogP contribution >= 0.6 is 11.6 Å². The first-order valence-electron chi connectivity index (χ1n) is 13.3. The first-order chi connectivity index (χ1) is 18.4. The zero-order valence-corrected chi connectivity index (χ0v) is 23.0. The SMILES string of the molecule is O=S(=O)(NCCOc1ccc2c(c1)C(C1(c3ccc(Cl)cc3)CCC1)NCC2)c1ccc(CCCF)cc1. The van der Waals surface area contributed by atoms with Crippen molar-refractivity contribution in [3.8, 4) is 5.75 Å². The third-order valence-corrected chi connectivity index (χ3v) is 9.61. The van der Waals surface area contributed by atoms with E-state index in [2.05, 4.69) is 34.3 Å². The normalized spacial score (nSPS) is 18.4. The summed E-state index contributed by atoms with van der Waals surface area (Å²) < 4.78 is 46.3. The molecule has 0 bridgehead atoms. The number of sulfonamides is 1. The highest BCUT2D eigenvalue weighted by Gasteiger charge is 2.47. The van der Waals surface area contributed by atoms with E-state index in [0.717, 1.165) is 42.1 Å². The summed E-state index contributed by atoms with van der Waals surface area (Å²) in [6.07, 6.45) is 5.44. The van der Waals surface area contributed by atoms with Gasteiger partial charge < -0.3 is 10.1 Å². The molecule has 202 valence electrons. The number of rotatable bonds is 11. The molecule has 5 nitrogen and oxygen atoms in total. The van der Waals surface area contributed by atoms with Crippen LogP contribution in [0.15, 0.2) is 71.6 Å². The van der Waals surface area contributed by atoms with E-state index < -0.39 is 10.0 Å². The van der Waals surface area contributed by atoms with Gasteiger partial charge in [-0.25, -0.2) is 13.1 Å². The van der Waals surface area contributed by atoms with Crippen molar-refractivity contribution in [3.05, 3.63) is 94.0 Å². The van der Waals surface area contributed by atoms with Crippen molar-refractivity contribution in [1.29, 1.82) is 0 Å². The molecule has 1 saturated carbocycles. The number of ether oxygens (including phenoxy) is 1. The molecule has 1 atom stereocenters. The molecule has 1 fully saturated rings. The minimum Gasteiger partial charge on any atom is -0.492 e. The second-order valence-electron chi connectivity index (χ2n) is 10.2. The third kappa shape index (κ3) is 5.76. The van der Waals surface area contributed by atoms with Crippen molar-refractivity contribution < 1.29 is 17.5 Å². The fraction of sp³-hybridized carbons (Fsp3) is 0.400. The molecule has 5 rings (SSSR count). The van der Waals surface area contributed by atoms with Gasteiger partial charge in [-0.1, -0.05) is 48.4 Å². The molecule has 3 aromatic rings. The Morgan fingerprint density at radius 3 is 2.50 bits per heavy atom. The minimum absolute atomic E-state index is 0.0371. The molecule has 2 aliphatic rings. The summed E-state index contributed by atoms with van der Waals surface area (Å²) in [6.45, 7) is 0.921. The van der Waals surface area contributed by atoms with Crippen LogP contribution in [0.2, 0.25) is 5.02 Å². The molecular weight excluding hydrogens is 523 g/mol. The topological polar surface area (TPSA) is 67.4 Å². The Kier molecular flexibility index (Phi) is 8.38. The van der Waals surface area contributed by atoms with E-state index in [-0.39, 0.29) is 36.2 Å². The van der Waals surface area contributed by atoms with Gasteiger partial charge >= 0.3 is 0 Å². The van der Waals surface area contributed by atoms with Crippen LogP contribution in [0.1, 0.15) is 54.0 Å². The summed E-state index contributed by atoms with van der Waals surface area (Å²) in [5, 5.41) is 4.53. The summed E-state index contributed by atoms with van der Waals surface area (Å²) in [5.74, 6) is 0.736. The van der Waals surface area contributed by atoms with Crippen LogP contribution in [0.25, 0.3) is 0 Å². The Labute approximate surface area is 229 Å². The number of nitrogens with one attached hydrogen (secondary N) is 2. The maximum atomic E-state index is 12.7. The lowest BCUT2D eigenvalue weighted by Crippen LogP contribution is -2.49. The number of halogens is 2. The van der Waals surface area contributed by atoms with Crippen LogP contribution in [0.5, 0.6) is 5.75 Å². The van der Waals surface area contributed by atoms with Crippen LogP contribution in [-0.2, 0) is 28.3 Å². The smallest absolute Gasteiger partial charge is 0.240 e. The lowest BCUT2D eigenvalue weighted by Gasteiger charge is -2.50. The zero-order valence-electron chi connectivity index (χ0n) is 21.4. The molecule has 1 aliphatic carbocycles. The number of alkyl halides is 1. The number of benzene rings is 3. The number of hydrogen-bond donors (Lipinski definition) is 2. The predicted molar refractivity (Wildman–Crippen MR) is 149 cm³/mol. The quantitative estimate of drug-likeness (QED) is 0.288. The number of aryl methyl sites for hydroxylation is 1. The van der Waals surface area contributed by atoms with Crippen LogP contribution in [0.4, 0.5) is 4.39 Å². The first-order valence-corrected chi connectivity index (χ1v) is 15.2. The summed E-state index contributed by atoms with van der Waals surface area (Å²) in [6, 6.07) is 21.3.